The Hall–Kier alpha value is -2.76. The highest BCUT2D eigenvalue weighted by atomic mass is 16.7. The van der Waals surface area contributed by atoms with Gasteiger partial charge in [0.25, 0.3) is 0 Å². The van der Waals surface area contributed by atoms with E-state index < -0.39 is 37.3 Å². The molecule has 0 saturated carbocycles. The van der Waals surface area contributed by atoms with Crippen LogP contribution in [0.4, 0.5) is 0 Å². The molecule has 4 heterocycles. The Morgan fingerprint density at radius 1 is 0.844 bits per heavy atom. The van der Waals surface area contributed by atoms with E-state index in [1.807, 2.05) is 18.2 Å². The largest absolute Gasteiger partial charge is 0.492 e. The summed E-state index contributed by atoms with van der Waals surface area (Å²) in [7, 11) is 0. The van der Waals surface area contributed by atoms with E-state index in [1.54, 1.807) is 12.1 Å². The summed E-state index contributed by atoms with van der Waals surface area (Å²) in [5.74, 6) is 3.00. The van der Waals surface area contributed by atoms with Crippen LogP contribution in [0.3, 0.4) is 0 Å². The summed E-state index contributed by atoms with van der Waals surface area (Å²) in [5.41, 5.74) is 1.85. The fourth-order valence-corrected chi connectivity index (χ4v) is 4.60. The van der Waals surface area contributed by atoms with Crippen molar-refractivity contribution >= 4 is 0 Å². The summed E-state index contributed by atoms with van der Waals surface area (Å²) in [6, 6.07) is 8.94. The second kappa shape index (κ2) is 7.39. The average Bonchev–Trinajstić information content (AvgIpc) is 3.41. The Morgan fingerprint density at radius 2 is 1.66 bits per heavy atom. The van der Waals surface area contributed by atoms with Crippen molar-refractivity contribution in [2.45, 2.75) is 42.7 Å². The summed E-state index contributed by atoms with van der Waals surface area (Å²) in [5, 5.41) is 39.4. The fourth-order valence-electron chi connectivity index (χ4n) is 4.60. The molecule has 7 atom stereocenters. The SMILES string of the molecule is OC[C@H]1O[C@H](Oc2ccc3c(c2)OCC2c4cc5c(cc4OC32)OCO5)[C@H](O)[C@@H](O)[C@@H]1O. The summed E-state index contributed by atoms with van der Waals surface area (Å²) >= 11 is 0. The third kappa shape index (κ3) is 2.99. The minimum atomic E-state index is -1.51. The molecule has 0 spiro atoms. The number of rotatable bonds is 3. The molecule has 32 heavy (non-hydrogen) atoms. The van der Waals surface area contributed by atoms with Crippen LogP contribution in [0.15, 0.2) is 30.3 Å². The van der Waals surface area contributed by atoms with Crippen LogP contribution in [0.2, 0.25) is 0 Å². The molecule has 0 bridgehead atoms. The first kappa shape index (κ1) is 19.9. The van der Waals surface area contributed by atoms with Crippen molar-refractivity contribution in [3.8, 4) is 28.7 Å². The highest BCUT2D eigenvalue weighted by Gasteiger charge is 2.45. The molecule has 2 aromatic carbocycles. The lowest BCUT2D eigenvalue weighted by Crippen LogP contribution is -2.60. The van der Waals surface area contributed by atoms with Gasteiger partial charge in [0, 0.05) is 23.3 Å². The number of ether oxygens (including phenoxy) is 6. The van der Waals surface area contributed by atoms with Gasteiger partial charge in [0.1, 0.15) is 47.8 Å². The molecule has 0 radical (unpaired) electrons. The van der Waals surface area contributed by atoms with Gasteiger partial charge in [-0.3, -0.25) is 0 Å². The van der Waals surface area contributed by atoms with Gasteiger partial charge in [-0.1, -0.05) is 0 Å². The smallest absolute Gasteiger partial charge is 0.231 e. The van der Waals surface area contributed by atoms with Crippen LogP contribution in [-0.2, 0) is 4.74 Å². The van der Waals surface area contributed by atoms with Gasteiger partial charge in [-0.15, -0.1) is 0 Å². The summed E-state index contributed by atoms with van der Waals surface area (Å²) in [4.78, 5) is 0. The maximum atomic E-state index is 10.2. The van der Waals surface area contributed by atoms with Gasteiger partial charge in [0.2, 0.25) is 13.1 Å². The lowest BCUT2D eigenvalue weighted by atomic mass is 9.89. The monoisotopic (exact) mass is 446 g/mol. The number of hydrogen-bond donors (Lipinski definition) is 4. The van der Waals surface area contributed by atoms with E-state index in [4.69, 9.17) is 28.4 Å². The maximum Gasteiger partial charge on any atom is 0.231 e. The maximum absolute atomic E-state index is 10.2. The predicted octanol–water partition coefficient (Wildman–Crippen LogP) is 0.204. The van der Waals surface area contributed by atoms with Crippen LogP contribution in [0.5, 0.6) is 28.7 Å². The Balaban J connectivity index is 1.23. The van der Waals surface area contributed by atoms with Crippen molar-refractivity contribution in [1.82, 2.24) is 0 Å². The van der Waals surface area contributed by atoms with Crippen LogP contribution in [-0.4, -0.2) is 71.1 Å². The Bertz CT molecular complexity index is 1040. The van der Waals surface area contributed by atoms with E-state index in [0.29, 0.717) is 29.6 Å². The van der Waals surface area contributed by atoms with E-state index >= 15 is 0 Å². The van der Waals surface area contributed by atoms with Crippen molar-refractivity contribution in [3.63, 3.8) is 0 Å². The fraction of sp³-hybridized carbons (Fsp3) is 0.455. The van der Waals surface area contributed by atoms with Crippen molar-refractivity contribution in [2.24, 2.45) is 0 Å². The molecule has 4 aliphatic rings. The van der Waals surface area contributed by atoms with Gasteiger partial charge < -0.3 is 48.8 Å². The van der Waals surface area contributed by atoms with Gasteiger partial charge in [0.15, 0.2) is 11.5 Å². The van der Waals surface area contributed by atoms with Crippen molar-refractivity contribution in [1.29, 1.82) is 0 Å². The molecule has 4 N–H and O–H groups in total. The number of benzene rings is 2. The molecular weight excluding hydrogens is 424 g/mol. The third-order valence-electron chi connectivity index (χ3n) is 6.33. The predicted molar refractivity (Wildman–Crippen MR) is 105 cm³/mol. The number of hydrogen-bond acceptors (Lipinski definition) is 10. The second-order valence-electron chi connectivity index (χ2n) is 8.21. The van der Waals surface area contributed by atoms with Crippen LogP contribution in [0.1, 0.15) is 23.1 Å². The molecule has 170 valence electrons. The molecular formula is C22H22O10. The lowest BCUT2D eigenvalue weighted by molar-refractivity contribution is -0.277. The van der Waals surface area contributed by atoms with E-state index in [-0.39, 0.29) is 18.8 Å². The first-order valence-corrected chi connectivity index (χ1v) is 10.4. The van der Waals surface area contributed by atoms with Crippen molar-refractivity contribution in [3.05, 3.63) is 41.5 Å². The minimum Gasteiger partial charge on any atom is -0.492 e. The normalized spacial score (nSPS) is 34.1. The van der Waals surface area contributed by atoms with Gasteiger partial charge in [-0.05, 0) is 18.2 Å². The van der Waals surface area contributed by atoms with E-state index in [0.717, 1.165) is 16.9 Å². The molecule has 4 aliphatic heterocycles. The van der Waals surface area contributed by atoms with Gasteiger partial charge in [-0.2, -0.15) is 0 Å². The zero-order valence-corrected chi connectivity index (χ0v) is 16.8. The minimum absolute atomic E-state index is 0.00390. The summed E-state index contributed by atoms with van der Waals surface area (Å²) in [6.07, 6.45) is -7.01. The molecule has 10 nitrogen and oxygen atoms in total. The van der Waals surface area contributed by atoms with Gasteiger partial charge >= 0.3 is 0 Å². The van der Waals surface area contributed by atoms with Crippen molar-refractivity contribution < 1.29 is 48.8 Å². The molecule has 1 fully saturated rings. The standard InChI is InChI=1S/C22H22O10/c23-6-17-18(24)19(25)20(26)22(32-17)30-9-1-2-10-13(3-9)27-7-12-11-4-15-16(29-8-28-15)5-14(11)31-21(10)12/h1-5,12,17-26H,6-8H2/t12?,17-,18-,19+,20-,21?,22+/m1/s1. The molecule has 2 aromatic rings. The number of fused-ring (bicyclic) bond motifs is 6. The van der Waals surface area contributed by atoms with E-state index in [2.05, 4.69) is 0 Å². The Kier molecular flexibility index (Phi) is 4.60. The van der Waals surface area contributed by atoms with Crippen LogP contribution < -0.4 is 23.7 Å². The molecule has 6 rings (SSSR count). The van der Waals surface area contributed by atoms with Gasteiger partial charge in [0.05, 0.1) is 19.1 Å². The van der Waals surface area contributed by atoms with E-state index in [9.17, 15) is 20.4 Å². The highest BCUT2D eigenvalue weighted by Crippen LogP contribution is 2.54. The molecule has 0 amide bonds. The quantitative estimate of drug-likeness (QED) is 0.518. The molecule has 10 heteroatoms. The van der Waals surface area contributed by atoms with Crippen LogP contribution >= 0.6 is 0 Å². The van der Waals surface area contributed by atoms with Crippen LogP contribution in [0.25, 0.3) is 0 Å². The highest BCUT2D eigenvalue weighted by molar-refractivity contribution is 5.57. The molecule has 2 unspecified atom stereocenters. The Labute approximate surface area is 182 Å². The number of aliphatic hydroxyl groups excluding tert-OH is 4. The first-order chi connectivity index (χ1) is 15.5. The lowest BCUT2D eigenvalue weighted by Gasteiger charge is -2.39. The van der Waals surface area contributed by atoms with E-state index in [1.165, 1.54) is 0 Å². The summed E-state index contributed by atoms with van der Waals surface area (Å²) in [6.45, 7) is 0.0648. The topological polar surface area (TPSA) is 136 Å². The first-order valence-electron chi connectivity index (χ1n) is 10.4. The molecule has 0 aliphatic carbocycles. The molecule has 1 saturated heterocycles. The molecule has 0 aromatic heterocycles. The summed E-state index contributed by atoms with van der Waals surface area (Å²) < 4.78 is 34.2. The zero-order chi connectivity index (χ0) is 22.0. The second-order valence-corrected chi connectivity index (χ2v) is 8.21. The Morgan fingerprint density at radius 3 is 2.47 bits per heavy atom. The van der Waals surface area contributed by atoms with Crippen molar-refractivity contribution in [2.75, 3.05) is 20.0 Å². The zero-order valence-electron chi connectivity index (χ0n) is 16.8. The number of aliphatic hydroxyl groups is 4. The average molecular weight is 446 g/mol. The third-order valence-corrected chi connectivity index (χ3v) is 6.33. The van der Waals surface area contributed by atoms with Gasteiger partial charge in [-0.25, -0.2) is 0 Å². The van der Waals surface area contributed by atoms with Crippen LogP contribution in [0, 0.1) is 0 Å².